The van der Waals surface area contributed by atoms with Crippen molar-refractivity contribution in [2.45, 2.75) is 89.5 Å². The highest BCUT2D eigenvalue weighted by molar-refractivity contribution is 5.36. The molecule has 0 aliphatic rings. The molecule has 2 rings (SSSR count). The van der Waals surface area contributed by atoms with E-state index < -0.39 is 35.2 Å². The van der Waals surface area contributed by atoms with Crippen LogP contribution in [0.15, 0.2) is 48.5 Å². The van der Waals surface area contributed by atoms with E-state index in [0.29, 0.717) is 42.9 Å². The fourth-order valence-electron chi connectivity index (χ4n) is 4.56. The topological polar surface area (TPSA) is 38.7 Å². The second-order valence-electron chi connectivity index (χ2n) is 9.92. The van der Waals surface area contributed by atoms with Gasteiger partial charge in [-0.2, -0.15) is 26.3 Å². The van der Waals surface area contributed by atoms with Gasteiger partial charge in [-0.15, -0.1) is 0 Å². The Morgan fingerprint density at radius 1 is 0.750 bits per heavy atom. The van der Waals surface area contributed by atoms with Crippen LogP contribution in [0.3, 0.4) is 0 Å². The third kappa shape index (κ3) is 6.17. The van der Waals surface area contributed by atoms with Crippen LogP contribution in [0.5, 0.6) is 5.75 Å². The molecule has 1 N–H and O–H groups in total. The van der Waals surface area contributed by atoms with Gasteiger partial charge in [-0.1, -0.05) is 64.1 Å². The summed E-state index contributed by atoms with van der Waals surface area (Å²) >= 11 is 0. The summed E-state index contributed by atoms with van der Waals surface area (Å²) in [5, 5.41) is 9.68. The van der Waals surface area contributed by atoms with Crippen molar-refractivity contribution in [3.8, 4) is 5.75 Å². The standard InChI is InChI=1S/C27H34F6O3/c1-7-24(6,17-23(4,5)19-13-15-22(16-14-19)36-18(3)35-8-2)20-9-11-21(12-10-20)25(34,26(28,29)30)27(31,32)33/h9-16,18,34H,7-8,17H2,1-6H3. The Bertz CT molecular complexity index is 967. The van der Waals surface area contributed by atoms with E-state index in [2.05, 4.69) is 0 Å². The van der Waals surface area contributed by atoms with Crippen LogP contribution in [0.25, 0.3) is 0 Å². The molecule has 0 saturated carbocycles. The van der Waals surface area contributed by atoms with Crippen LogP contribution in [0.2, 0.25) is 0 Å². The van der Waals surface area contributed by atoms with Crippen LogP contribution in [0.1, 0.15) is 71.1 Å². The summed E-state index contributed by atoms with van der Waals surface area (Å²) in [5.41, 5.74) is -5.57. The first-order chi connectivity index (χ1) is 16.4. The molecular formula is C27H34F6O3. The highest BCUT2D eigenvalue weighted by Crippen LogP contribution is 2.50. The van der Waals surface area contributed by atoms with E-state index in [9.17, 15) is 31.4 Å². The summed E-state index contributed by atoms with van der Waals surface area (Å²) in [7, 11) is 0. The minimum Gasteiger partial charge on any atom is -0.465 e. The number of hydrogen-bond donors (Lipinski definition) is 1. The number of ether oxygens (including phenoxy) is 2. The molecule has 2 atom stereocenters. The van der Waals surface area contributed by atoms with Crippen LogP contribution < -0.4 is 4.74 Å². The molecule has 0 spiro atoms. The fourth-order valence-corrected chi connectivity index (χ4v) is 4.56. The zero-order chi connectivity index (χ0) is 27.6. The Hall–Kier alpha value is -2.26. The summed E-state index contributed by atoms with van der Waals surface area (Å²) in [6.45, 7) is 12.1. The van der Waals surface area contributed by atoms with Crippen molar-refractivity contribution >= 4 is 0 Å². The van der Waals surface area contributed by atoms with E-state index >= 15 is 0 Å². The molecule has 36 heavy (non-hydrogen) atoms. The molecule has 202 valence electrons. The van der Waals surface area contributed by atoms with Gasteiger partial charge < -0.3 is 14.6 Å². The molecule has 0 radical (unpaired) electrons. The van der Waals surface area contributed by atoms with Gasteiger partial charge in [0.15, 0.2) is 6.29 Å². The minimum absolute atomic E-state index is 0.383. The lowest BCUT2D eigenvalue weighted by Crippen LogP contribution is -2.53. The maximum atomic E-state index is 13.2. The third-order valence-corrected chi connectivity index (χ3v) is 6.77. The summed E-state index contributed by atoms with van der Waals surface area (Å²) in [6.07, 6.45) is -11.1. The molecule has 0 amide bonds. The van der Waals surface area contributed by atoms with Crippen molar-refractivity contribution in [2.24, 2.45) is 0 Å². The van der Waals surface area contributed by atoms with E-state index in [-0.39, 0.29) is 5.41 Å². The molecule has 0 fully saturated rings. The molecule has 2 aromatic carbocycles. The number of hydrogen-bond acceptors (Lipinski definition) is 3. The van der Waals surface area contributed by atoms with Crippen LogP contribution in [-0.4, -0.2) is 30.4 Å². The van der Waals surface area contributed by atoms with Gasteiger partial charge in [-0.3, -0.25) is 0 Å². The van der Waals surface area contributed by atoms with E-state index in [1.54, 1.807) is 6.92 Å². The Balaban J connectivity index is 2.32. The molecule has 0 heterocycles. The molecule has 2 unspecified atom stereocenters. The van der Waals surface area contributed by atoms with Crippen molar-refractivity contribution in [3.05, 3.63) is 65.2 Å². The average molecular weight is 521 g/mol. The Labute approximate surface area is 208 Å². The first-order valence-corrected chi connectivity index (χ1v) is 11.8. The molecular weight excluding hydrogens is 486 g/mol. The maximum absolute atomic E-state index is 13.2. The number of rotatable bonds is 10. The number of alkyl halides is 6. The van der Waals surface area contributed by atoms with Gasteiger partial charge in [0, 0.05) is 12.2 Å². The molecule has 0 aliphatic carbocycles. The molecule has 0 aliphatic heterocycles. The fraction of sp³-hybridized carbons (Fsp3) is 0.556. The third-order valence-electron chi connectivity index (χ3n) is 6.77. The second-order valence-corrected chi connectivity index (χ2v) is 9.92. The van der Waals surface area contributed by atoms with Crippen molar-refractivity contribution in [2.75, 3.05) is 6.61 Å². The highest BCUT2D eigenvalue weighted by atomic mass is 19.4. The number of halogens is 6. The lowest BCUT2D eigenvalue weighted by atomic mass is 9.66. The molecule has 0 bridgehead atoms. The van der Waals surface area contributed by atoms with Crippen molar-refractivity contribution in [3.63, 3.8) is 0 Å². The molecule has 2 aromatic rings. The van der Waals surface area contributed by atoms with Gasteiger partial charge in [0.25, 0.3) is 5.60 Å². The predicted molar refractivity (Wildman–Crippen MR) is 126 cm³/mol. The van der Waals surface area contributed by atoms with Crippen molar-refractivity contribution in [1.82, 2.24) is 0 Å². The summed E-state index contributed by atoms with van der Waals surface area (Å²) in [5.74, 6) is 0.645. The van der Waals surface area contributed by atoms with Gasteiger partial charge >= 0.3 is 12.4 Å². The summed E-state index contributed by atoms with van der Waals surface area (Å²) < 4.78 is 90.6. The summed E-state index contributed by atoms with van der Waals surface area (Å²) in [6, 6.07) is 11.4. The predicted octanol–water partition coefficient (Wildman–Crippen LogP) is 7.80. The molecule has 9 heteroatoms. The van der Waals surface area contributed by atoms with E-state index in [1.807, 2.05) is 58.9 Å². The van der Waals surface area contributed by atoms with Gasteiger partial charge in [0.2, 0.25) is 0 Å². The SMILES string of the molecule is CCOC(C)Oc1ccc(C(C)(C)CC(C)(CC)c2ccc(C(O)(C(F)(F)F)C(F)(F)F)cc2)cc1. The van der Waals surface area contributed by atoms with Gasteiger partial charge in [-0.05, 0) is 60.8 Å². The van der Waals surface area contributed by atoms with Crippen LogP contribution in [-0.2, 0) is 21.2 Å². The zero-order valence-electron chi connectivity index (χ0n) is 21.3. The van der Waals surface area contributed by atoms with Gasteiger partial charge in [0.05, 0.1) is 0 Å². The Kier molecular flexibility index (Phi) is 8.84. The smallest absolute Gasteiger partial charge is 0.430 e. The number of aliphatic hydroxyl groups is 1. The molecule has 0 aromatic heterocycles. The van der Waals surface area contributed by atoms with E-state index in [4.69, 9.17) is 9.47 Å². The quantitative estimate of drug-likeness (QED) is 0.257. The summed E-state index contributed by atoms with van der Waals surface area (Å²) in [4.78, 5) is 0. The molecule has 0 saturated heterocycles. The first kappa shape index (κ1) is 30.0. The van der Waals surface area contributed by atoms with Gasteiger partial charge in [0.1, 0.15) is 5.75 Å². The highest BCUT2D eigenvalue weighted by Gasteiger charge is 2.71. The van der Waals surface area contributed by atoms with Crippen LogP contribution in [0.4, 0.5) is 26.3 Å². The zero-order valence-corrected chi connectivity index (χ0v) is 21.3. The average Bonchev–Trinajstić information content (AvgIpc) is 2.77. The maximum Gasteiger partial charge on any atom is 0.430 e. The largest absolute Gasteiger partial charge is 0.465 e. The van der Waals surface area contributed by atoms with Crippen LogP contribution >= 0.6 is 0 Å². The van der Waals surface area contributed by atoms with E-state index in [1.165, 1.54) is 12.1 Å². The minimum atomic E-state index is -5.92. The number of benzene rings is 2. The van der Waals surface area contributed by atoms with Crippen molar-refractivity contribution in [1.29, 1.82) is 0 Å². The van der Waals surface area contributed by atoms with Crippen LogP contribution in [0, 0.1) is 0 Å². The second kappa shape index (κ2) is 10.6. The Morgan fingerprint density at radius 3 is 1.61 bits per heavy atom. The van der Waals surface area contributed by atoms with Crippen molar-refractivity contribution < 1.29 is 40.9 Å². The molecule has 3 nitrogen and oxygen atoms in total. The normalized spacial score (nSPS) is 15.9. The Morgan fingerprint density at radius 2 is 1.19 bits per heavy atom. The first-order valence-electron chi connectivity index (χ1n) is 11.8. The van der Waals surface area contributed by atoms with E-state index in [0.717, 1.165) is 5.56 Å². The van der Waals surface area contributed by atoms with Gasteiger partial charge in [-0.25, -0.2) is 0 Å². The lowest BCUT2D eigenvalue weighted by Gasteiger charge is -2.38. The monoisotopic (exact) mass is 520 g/mol. The lowest BCUT2D eigenvalue weighted by molar-refractivity contribution is -0.376.